The Labute approximate surface area is 119 Å². The number of aromatic nitrogens is 1. The lowest BCUT2D eigenvalue weighted by molar-refractivity contribution is 0.104. The summed E-state index contributed by atoms with van der Waals surface area (Å²) >= 11 is 0. The lowest BCUT2D eigenvalue weighted by atomic mass is 9.99. The van der Waals surface area contributed by atoms with Crippen molar-refractivity contribution in [2.75, 3.05) is 5.73 Å². The number of carbonyl (C=O) groups excluding carboxylic acids is 1. The van der Waals surface area contributed by atoms with Crippen LogP contribution in [0, 0.1) is 17.1 Å². The summed E-state index contributed by atoms with van der Waals surface area (Å²) in [6, 6.07) is 10.9. The summed E-state index contributed by atoms with van der Waals surface area (Å²) in [4.78, 5) is 15.5. The van der Waals surface area contributed by atoms with Gasteiger partial charge in [0.2, 0.25) is 0 Å². The number of fused-ring (bicyclic) bond motifs is 1. The number of halogens is 1. The third kappa shape index (κ3) is 2.03. The Morgan fingerprint density at radius 1 is 1.24 bits per heavy atom. The van der Waals surface area contributed by atoms with Gasteiger partial charge in [-0.15, -0.1) is 0 Å². The number of nitriles is 1. The molecule has 3 aromatic rings. The van der Waals surface area contributed by atoms with Gasteiger partial charge in [0.05, 0.1) is 11.6 Å². The van der Waals surface area contributed by atoms with E-state index in [0.29, 0.717) is 22.0 Å². The molecule has 0 fully saturated rings. The zero-order valence-electron chi connectivity index (χ0n) is 10.9. The molecule has 0 atom stereocenters. The van der Waals surface area contributed by atoms with E-state index in [1.54, 1.807) is 18.2 Å². The van der Waals surface area contributed by atoms with Crippen molar-refractivity contribution in [3.8, 4) is 6.07 Å². The van der Waals surface area contributed by atoms with Crippen molar-refractivity contribution < 1.29 is 9.18 Å². The number of carbonyl (C=O) groups is 1. The summed E-state index contributed by atoms with van der Waals surface area (Å²) in [6.07, 6.45) is 1.54. The van der Waals surface area contributed by atoms with Gasteiger partial charge in [-0.25, -0.2) is 4.39 Å². The maximum absolute atomic E-state index is 13.1. The third-order valence-electron chi connectivity index (χ3n) is 3.33. The number of hydrogen-bond acceptors (Lipinski definition) is 3. The summed E-state index contributed by atoms with van der Waals surface area (Å²) < 4.78 is 13.1. The van der Waals surface area contributed by atoms with Crippen LogP contribution in [-0.2, 0) is 0 Å². The van der Waals surface area contributed by atoms with Gasteiger partial charge in [0, 0.05) is 33.9 Å². The Kier molecular flexibility index (Phi) is 2.92. The molecule has 0 amide bonds. The fourth-order valence-corrected chi connectivity index (χ4v) is 2.34. The standard InChI is InChI=1S/C16H10FN3O/c17-10-4-5-11(13(19)6-10)16(21)12-8-20-14-3-1-2-9(7-18)15(12)14/h1-6,8,20H,19H2. The van der Waals surface area contributed by atoms with E-state index < -0.39 is 5.82 Å². The van der Waals surface area contributed by atoms with Gasteiger partial charge in [0.15, 0.2) is 5.78 Å². The largest absolute Gasteiger partial charge is 0.398 e. The Morgan fingerprint density at radius 3 is 2.76 bits per heavy atom. The summed E-state index contributed by atoms with van der Waals surface area (Å²) in [5, 5.41) is 9.72. The van der Waals surface area contributed by atoms with Gasteiger partial charge >= 0.3 is 0 Å². The zero-order chi connectivity index (χ0) is 15.0. The highest BCUT2D eigenvalue weighted by atomic mass is 19.1. The first-order valence-electron chi connectivity index (χ1n) is 6.21. The number of hydrogen-bond donors (Lipinski definition) is 2. The molecule has 0 radical (unpaired) electrons. The van der Waals surface area contributed by atoms with Gasteiger partial charge in [-0.05, 0) is 30.3 Å². The van der Waals surface area contributed by atoms with E-state index in [9.17, 15) is 14.4 Å². The van der Waals surface area contributed by atoms with Crippen molar-refractivity contribution in [3.63, 3.8) is 0 Å². The topological polar surface area (TPSA) is 82.7 Å². The SMILES string of the molecule is N#Cc1cccc2[nH]cc(C(=O)c3ccc(F)cc3N)c12. The first kappa shape index (κ1) is 12.9. The van der Waals surface area contributed by atoms with Crippen molar-refractivity contribution in [3.05, 3.63) is 65.1 Å². The van der Waals surface area contributed by atoms with Gasteiger partial charge in [0.25, 0.3) is 0 Å². The molecule has 5 heteroatoms. The number of nitrogen functional groups attached to an aromatic ring is 1. The van der Waals surface area contributed by atoms with Gasteiger partial charge in [-0.3, -0.25) is 4.79 Å². The molecule has 0 unspecified atom stereocenters. The molecule has 3 N–H and O–H groups in total. The molecular formula is C16H10FN3O. The minimum Gasteiger partial charge on any atom is -0.398 e. The van der Waals surface area contributed by atoms with Crippen LogP contribution >= 0.6 is 0 Å². The van der Waals surface area contributed by atoms with E-state index >= 15 is 0 Å². The molecule has 0 aliphatic heterocycles. The quantitative estimate of drug-likeness (QED) is 0.558. The molecule has 0 spiro atoms. The number of anilines is 1. The van der Waals surface area contributed by atoms with Crippen LogP contribution in [0.2, 0.25) is 0 Å². The molecule has 0 aliphatic rings. The molecular weight excluding hydrogens is 269 g/mol. The number of benzene rings is 2. The van der Waals surface area contributed by atoms with Crippen molar-refractivity contribution >= 4 is 22.4 Å². The Hall–Kier alpha value is -3.13. The van der Waals surface area contributed by atoms with Crippen LogP contribution in [0.25, 0.3) is 10.9 Å². The minimum atomic E-state index is -0.499. The van der Waals surface area contributed by atoms with Crippen LogP contribution < -0.4 is 5.73 Å². The molecule has 3 rings (SSSR count). The number of rotatable bonds is 2. The summed E-state index contributed by atoms with van der Waals surface area (Å²) in [6.45, 7) is 0. The van der Waals surface area contributed by atoms with Gasteiger partial charge in [-0.2, -0.15) is 5.26 Å². The molecule has 0 aliphatic carbocycles. The Balaban J connectivity index is 2.21. The maximum Gasteiger partial charge on any atom is 0.197 e. The Bertz CT molecular complexity index is 906. The first-order valence-corrected chi connectivity index (χ1v) is 6.21. The Morgan fingerprint density at radius 2 is 2.05 bits per heavy atom. The predicted molar refractivity (Wildman–Crippen MR) is 77.3 cm³/mol. The second kappa shape index (κ2) is 4.76. The van der Waals surface area contributed by atoms with E-state index in [4.69, 9.17) is 5.73 Å². The number of aromatic amines is 1. The number of H-pyrrole nitrogens is 1. The monoisotopic (exact) mass is 279 g/mol. The zero-order valence-corrected chi connectivity index (χ0v) is 10.9. The van der Waals surface area contributed by atoms with Crippen LogP contribution in [0.5, 0.6) is 0 Å². The number of nitrogens with one attached hydrogen (secondary N) is 1. The molecule has 21 heavy (non-hydrogen) atoms. The molecule has 0 bridgehead atoms. The number of nitrogens with two attached hydrogens (primary N) is 1. The molecule has 2 aromatic carbocycles. The van der Waals surface area contributed by atoms with Crippen LogP contribution in [0.3, 0.4) is 0 Å². The molecule has 0 saturated heterocycles. The van der Waals surface area contributed by atoms with E-state index in [-0.39, 0.29) is 17.0 Å². The highest BCUT2D eigenvalue weighted by Gasteiger charge is 2.18. The van der Waals surface area contributed by atoms with Crippen LogP contribution in [-0.4, -0.2) is 10.8 Å². The summed E-state index contributed by atoms with van der Waals surface area (Å²) in [7, 11) is 0. The lowest BCUT2D eigenvalue weighted by Gasteiger charge is -2.04. The van der Waals surface area contributed by atoms with Crippen LogP contribution in [0.4, 0.5) is 10.1 Å². The van der Waals surface area contributed by atoms with Crippen LogP contribution in [0.15, 0.2) is 42.6 Å². The average Bonchev–Trinajstić information content (AvgIpc) is 2.90. The fraction of sp³-hybridized carbons (Fsp3) is 0. The minimum absolute atomic E-state index is 0.0730. The first-order chi connectivity index (χ1) is 10.1. The van der Waals surface area contributed by atoms with Gasteiger partial charge in [0.1, 0.15) is 5.82 Å². The third-order valence-corrected chi connectivity index (χ3v) is 3.33. The maximum atomic E-state index is 13.1. The van der Waals surface area contributed by atoms with Crippen molar-refractivity contribution in [1.82, 2.24) is 4.98 Å². The second-order valence-electron chi connectivity index (χ2n) is 4.60. The molecule has 1 aromatic heterocycles. The smallest absolute Gasteiger partial charge is 0.197 e. The number of nitrogens with zero attached hydrogens (tertiary/aromatic N) is 1. The van der Waals surface area contributed by atoms with Crippen molar-refractivity contribution in [1.29, 1.82) is 5.26 Å². The average molecular weight is 279 g/mol. The molecule has 1 heterocycles. The van der Waals surface area contributed by atoms with E-state index in [0.717, 1.165) is 6.07 Å². The summed E-state index contributed by atoms with van der Waals surface area (Å²) in [5.41, 5.74) is 7.43. The van der Waals surface area contributed by atoms with Crippen molar-refractivity contribution in [2.45, 2.75) is 0 Å². The van der Waals surface area contributed by atoms with E-state index in [2.05, 4.69) is 11.1 Å². The predicted octanol–water partition coefficient (Wildman–Crippen LogP) is 2.99. The highest BCUT2D eigenvalue weighted by Crippen LogP contribution is 2.26. The van der Waals surface area contributed by atoms with E-state index in [1.807, 2.05) is 0 Å². The number of ketones is 1. The molecule has 102 valence electrons. The van der Waals surface area contributed by atoms with Crippen LogP contribution in [0.1, 0.15) is 21.5 Å². The molecule has 4 nitrogen and oxygen atoms in total. The van der Waals surface area contributed by atoms with Gasteiger partial charge in [-0.1, -0.05) is 6.07 Å². The lowest BCUT2D eigenvalue weighted by Crippen LogP contribution is -2.05. The van der Waals surface area contributed by atoms with Crippen molar-refractivity contribution in [2.24, 2.45) is 0 Å². The fourth-order valence-electron chi connectivity index (χ4n) is 2.34. The summed E-state index contributed by atoms with van der Waals surface area (Å²) in [5.74, 6) is -0.845. The van der Waals surface area contributed by atoms with Gasteiger partial charge < -0.3 is 10.7 Å². The normalized spacial score (nSPS) is 10.5. The highest BCUT2D eigenvalue weighted by molar-refractivity contribution is 6.19. The van der Waals surface area contributed by atoms with E-state index in [1.165, 1.54) is 18.3 Å². The molecule has 0 saturated carbocycles. The second-order valence-corrected chi connectivity index (χ2v) is 4.60.